The molecule has 152 valence electrons. The zero-order chi connectivity index (χ0) is 20.4. The SMILES string of the molecule is COc1ccc(CCS(=O)(=O)N2CC(S(=O)(=O)c3ccc(OC)cc3)C2)cc1. The number of hydrogen-bond donors (Lipinski definition) is 0. The predicted molar refractivity (Wildman–Crippen MR) is 106 cm³/mol. The normalized spacial score (nSPS) is 15.8. The van der Waals surface area contributed by atoms with Gasteiger partial charge in [0.15, 0.2) is 9.84 Å². The van der Waals surface area contributed by atoms with Crippen LogP contribution in [0.15, 0.2) is 53.4 Å². The van der Waals surface area contributed by atoms with Crippen molar-refractivity contribution in [1.29, 1.82) is 0 Å². The van der Waals surface area contributed by atoms with E-state index in [1.54, 1.807) is 31.4 Å². The standard InChI is InChI=1S/C19H23NO6S2/c1-25-16-5-3-15(4-6-16)11-12-27(21,22)20-13-19(14-20)28(23,24)18-9-7-17(26-2)8-10-18/h3-10,19H,11-14H2,1-2H3. The van der Waals surface area contributed by atoms with E-state index in [0.717, 1.165) is 5.56 Å². The summed E-state index contributed by atoms with van der Waals surface area (Å²) in [5.74, 6) is 1.21. The average Bonchev–Trinajstić information content (AvgIpc) is 2.65. The third-order valence-electron chi connectivity index (χ3n) is 4.84. The van der Waals surface area contributed by atoms with Gasteiger partial charge in [-0.2, -0.15) is 4.31 Å². The second-order valence-corrected chi connectivity index (χ2v) is 10.9. The number of hydrogen-bond acceptors (Lipinski definition) is 6. The van der Waals surface area contributed by atoms with Crippen LogP contribution < -0.4 is 9.47 Å². The molecule has 9 heteroatoms. The lowest BCUT2D eigenvalue weighted by Gasteiger charge is -2.37. The number of sulfonamides is 1. The summed E-state index contributed by atoms with van der Waals surface area (Å²) < 4.78 is 61.6. The second-order valence-electron chi connectivity index (χ2n) is 6.57. The molecule has 0 aliphatic carbocycles. The molecule has 2 aromatic rings. The molecule has 1 heterocycles. The van der Waals surface area contributed by atoms with Gasteiger partial charge < -0.3 is 9.47 Å². The Bertz CT molecular complexity index is 1010. The van der Waals surface area contributed by atoms with Crippen molar-refractivity contribution in [2.45, 2.75) is 16.6 Å². The van der Waals surface area contributed by atoms with Crippen molar-refractivity contribution in [3.8, 4) is 11.5 Å². The summed E-state index contributed by atoms with van der Waals surface area (Å²) in [6, 6.07) is 13.3. The topological polar surface area (TPSA) is 90.0 Å². The molecule has 0 aromatic heterocycles. The van der Waals surface area contributed by atoms with Gasteiger partial charge in [0.1, 0.15) is 11.5 Å². The summed E-state index contributed by atoms with van der Waals surface area (Å²) in [7, 11) is -4.00. The predicted octanol–water partition coefficient (Wildman–Crippen LogP) is 1.73. The number of benzene rings is 2. The number of aryl methyl sites for hydroxylation is 1. The van der Waals surface area contributed by atoms with Gasteiger partial charge in [0.05, 0.1) is 30.1 Å². The molecule has 3 rings (SSSR count). The lowest BCUT2D eigenvalue weighted by atomic mass is 10.2. The van der Waals surface area contributed by atoms with E-state index < -0.39 is 25.1 Å². The zero-order valence-electron chi connectivity index (χ0n) is 15.7. The third kappa shape index (κ3) is 4.31. The summed E-state index contributed by atoms with van der Waals surface area (Å²) in [5, 5.41) is -0.725. The van der Waals surface area contributed by atoms with Crippen LogP contribution in [-0.2, 0) is 26.3 Å². The average molecular weight is 426 g/mol. The lowest BCUT2D eigenvalue weighted by Crippen LogP contribution is -2.57. The fourth-order valence-electron chi connectivity index (χ4n) is 2.95. The maximum atomic E-state index is 12.7. The highest BCUT2D eigenvalue weighted by Crippen LogP contribution is 2.27. The molecule has 2 aromatic carbocycles. The zero-order valence-corrected chi connectivity index (χ0v) is 17.4. The van der Waals surface area contributed by atoms with E-state index in [2.05, 4.69) is 0 Å². The van der Waals surface area contributed by atoms with Crippen LogP contribution in [0.2, 0.25) is 0 Å². The van der Waals surface area contributed by atoms with Crippen LogP contribution in [-0.4, -0.2) is 59.5 Å². The van der Waals surface area contributed by atoms with E-state index in [1.165, 1.54) is 23.5 Å². The molecule has 0 N–H and O–H groups in total. The maximum Gasteiger partial charge on any atom is 0.214 e. The molecular weight excluding hydrogens is 402 g/mol. The van der Waals surface area contributed by atoms with E-state index in [4.69, 9.17) is 9.47 Å². The highest BCUT2D eigenvalue weighted by Gasteiger charge is 2.43. The summed E-state index contributed by atoms with van der Waals surface area (Å²) >= 11 is 0. The van der Waals surface area contributed by atoms with Gasteiger partial charge in [-0.25, -0.2) is 16.8 Å². The van der Waals surface area contributed by atoms with Crippen LogP contribution in [0.1, 0.15) is 5.56 Å². The first kappa shape index (κ1) is 20.6. The number of rotatable bonds is 8. The Balaban J connectivity index is 1.59. The lowest BCUT2D eigenvalue weighted by molar-refractivity contribution is 0.309. The molecule has 28 heavy (non-hydrogen) atoms. The molecule has 0 amide bonds. The Morgan fingerprint density at radius 1 is 0.857 bits per heavy atom. The van der Waals surface area contributed by atoms with Gasteiger partial charge in [-0.15, -0.1) is 0 Å². The van der Waals surface area contributed by atoms with Crippen molar-refractivity contribution in [3.05, 3.63) is 54.1 Å². The van der Waals surface area contributed by atoms with E-state index >= 15 is 0 Å². The molecule has 1 aliphatic heterocycles. The largest absolute Gasteiger partial charge is 0.497 e. The molecule has 7 nitrogen and oxygen atoms in total. The number of nitrogens with zero attached hydrogens (tertiary/aromatic N) is 1. The molecule has 0 atom stereocenters. The smallest absolute Gasteiger partial charge is 0.214 e. The Morgan fingerprint density at radius 3 is 1.86 bits per heavy atom. The first-order chi connectivity index (χ1) is 13.3. The summed E-state index contributed by atoms with van der Waals surface area (Å²) in [4.78, 5) is 0.175. The van der Waals surface area contributed by atoms with E-state index in [-0.39, 0.29) is 23.7 Å². The Morgan fingerprint density at radius 2 is 1.36 bits per heavy atom. The van der Waals surface area contributed by atoms with Crippen LogP contribution in [0.25, 0.3) is 0 Å². The van der Waals surface area contributed by atoms with E-state index in [1.807, 2.05) is 12.1 Å². The highest BCUT2D eigenvalue weighted by molar-refractivity contribution is 7.92. The molecule has 1 saturated heterocycles. The monoisotopic (exact) mass is 425 g/mol. The third-order valence-corrected chi connectivity index (χ3v) is 8.75. The van der Waals surface area contributed by atoms with Gasteiger partial charge in [-0.3, -0.25) is 0 Å². The Kier molecular flexibility index (Phi) is 5.97. The van der Waals surface area contributed by atoms with Crippen molar-refractivity contribution in [2.75, 3.05) is 33.1 Å². The van der Waals surface area contributed by atoms with Crippen molar-refractivity contribution in [3.63, 3.8) is 0 Å². The molecule has 1 aliphatic rings. The Hall–Kier alpha value is -2.10. The minimum absolute atomic E-state index is 0.0146. The maximum absolute atomic E-state index is 12.7. The van der Waals surface area contributed by atoms with Gasteiger partial charge in [-0.05, 0) is 48.4 Å². The first-order valence-corrected chi connectivity index (χ1v) is 11.9. The van der Waals surface area contributed by atoms with Crippen LogP contribution in [0, 0.1) is 0 Å². The Labute approximate surface area is 165 Å². The van der Waals surface area contributed by atoms with Gasteiger partial charge in [0.2, 0.25) is 10.0 Å². The highest BCUT2D eigenvalue weighted by atomic mass is 32.2. The molecule has 0 unspecified atom stereocenters. The quantitative estimate of drug-likeness (QED) is 0.640. The number of ether oxygens (including phenoxy) is 2. The van der Waals surface area contributed by atoms with Crippen LogP contribution in [0.4, 0.5) is 0 Å². The minimum Gasteiger partial charge on any atom is -0.497 e. The fraction of sp³-hybridized carbons (Fsp3) is 0.368. The minimum atomic E-state index is -3.57. The molecule has 1 fully saturated rings. The number of methoxy groups -OCH3 is 2. The first-order valence-electron chi connectivity index (χ1n) is 8.75. The fourth-order valence-corrected chi connectivity index (χ4v) is 6.36. The van der Waals surface area contributed by atoms with Crippen molar-refractivity contribution in [2.24, 2.45) is 0 Å². The molecule has 0 spiro atoms. The van der Waals surface area contributed by atoms with Crippen molar-refractivity contribution < 1.29 is 26.3 Å². The summed E-state index contributed by atoms with van der Waals surface area (Å²) in [6.07, 6.45) is 0.360. The van der Waals surface area contributed by atoms with Crippen molar-refractivity contribution in [1.82, 2.24) is 4.31 Å². The molecular formula is C19H23NO6S2. The van der Waals surface area contributed by atoms with Crippen LogP contribution >= 0.6 is 0 Å². The summed E-state index contributed by atoms with van der Waals surface area (Å²) in [5.41, 5.74) is 0.882. The number of sulfone groups is 1. The van der Waals surface area contributed by atoms with Gasteiger partial charge in [0, 0.05) is 13.1 Å². The van der Waals surface area contributed by atoms with E-state index in [9.17, 15) is 16.8 Å². The van der Waals surface area contributed by atoms with Gasteiger partial charge in [0.25, 0.3) is 0 Å². The molecule has 0 saturated carbocycles. The van der Waals surface area contributed by atoms with Crippen LogP contribution in [0.3, 0.4) is 0 Å². The van der Waals surface area contributed by atoms with Crippen LogP contribution in [0.5, 0.6) is 11.5 Å². The van der Waals surface area contributed by atoms with Gasteiger partial charge >= 0.3 is 0 Å². The molecule has 0 radical (unpaired) electrons. The van der Waals surface area contributed by atoms with Crippen molar-refractivity contribution >= 4 is 19.9 Å². The van der Waals surface area contributed by atoms with Gasteiger partial charge in [-0.1, -0.05) is 12.1 Å². The second kappa shape index (κ2) is 8.10. The van der Waals surface area contributed by atoms with E-state index in [0.29, 0.717) is 17.9 Å². The molecule has 0 bridgehead atoms. The summed E-state index contributed by atoms with van der Waals surface area (Å²) in [6.45, 7) is -0.0291.